The number of anilines is 1. The Bertz CT molecular complexity index is 796. The van der Waals surface area contributed by atoms with Gasteiger partial charge in [0.1, 0.15) is 0 Å². The smallest absolute Gasteiger partial charge is 0.158 e. The second-order valence-corrected chi connectivity index (χ2v) is 6.19. The highest BCUT2D eigenvalue weighted by atomic mass is 35.5. The maximum atomic E-state index is 6.02. The molecule has 3 rings (SSSR count). The number of rotatable bonds is 3. The molecule has 0 atom stereocenters. The van der Waals surface area contributed by atoms with Gasteiger partial charge in [-0.15, -0.1) is 5.10 Å². The second-order valence-electron chi connectivity index (χ2n) is 5.75. The molecule has 2 heterocycles. The summed E-state index contributed by atoms with van der Waals surface area (Å²) in [6, 6.07) is 7.80. The number of benzene rings is 1. The molecule has 4 heteroatoms. The van der Waals surface area contributed by atoms with Crippen LogP contribution in [0.4, 0.5) is 5.82 Å². The van der Waals surface area contributed by atoms with Crippen molar-refractivity contribution in [2.45, 2.75) is 26.2 Å². The van der Waals surface area contributed by atoms with Crippen molar-refractivity contribution >= 4 is 29.6 Å². The van der Waals surface area contributed by atoms with Gasteiger partial charge >= 0.3 is 0 Å². The van der Waals surface area contributed by atoms with E-state index < -0.39 is 0 Å². The zero-order valence-electron chi connectivity index (χ0n) is 13.5. The Balaban J connectivity index is 2.19. The normalized spacial score (nSPS) is 16.9. The largest absolute Gasteiger partial charge is 0.355 e. The molecule has 0 aliphatic carbocycles. The number of aromatic nitrogens is 2. The van der Waals surface area contributed by atoms with Crippen molar-refractivity contribution in [3.63, 3.8) is 0 Å². The minimum absolute atomic E-state index is 0.733. The molecule has 0 N–H and O–H groups in total. The molecule has 1 saturated heterocycles. The lowest BCUT2D eigenvalue weighted by Crippen LogP contribution is -2.36. The van der Waals surface area contributed by atoms with E-state index in [0.717, 1.165) is 40.2 Å². The van der Waals surface area contributed by atoms with Crippen molar-refractivity contribution in [1.82, 2.24) is 9.78 Å². The summed E-state index contributed by atoms with van der Waals surface area (Å²) in [6.45, 7) is 8.05. The third-order valence-corrected chi connectivity index (χ3v) is 4.48. The number of hydrogen-bond acceptors (Lipinski definition) is 2. The van der Waals surface area contributed by atoms with Crippen LogP contribution in [0.2, 0.25) is 5.02 Å². The van der Waals surface area contributed by atoms with Gasteiger partial charge in [-0.25, -0.2) is 4.68 Å². The molecular formula is C19H22ClN3. The van der Waals surface area contributed by atoms with E-state index in [4.69, 9.17) is 16.7 Å². The monoisotopic (exact) mass is 327 g/mol. The molecule has 1 aliphatic rings. The molecule has 0 unspecified atom stereocenters. The summed E-state index contributed by atoms with van der Waals surface area (Å²) >= 11 is 6.02. The Morgan fingerprint density at radius 3 is 2.43 bits per heavy atom. The zero-order valence-corrected chi connectivity index (χ0v) is 14.3. The molecule has 120 valence electrons. The van der Waals surface area contributed by atoms with E-state index in [1.807, 2.05) is 41.9 Å². The van der Waals surface area contributed by atoms with Crippen molar-refractivity contribution in [3.8, 4) is 5.69 Å². The fourth-order valence-electron chi connectivity index (χ4n) is 3.11. The third-order valence-electron chi connectivity index (χ3n) is 4.22. The fraction of sp³-hybridized carbons (Fsp3) is 0.316. The Hall–Kier alpha value is -2.00. The summed E-state index contributed by atoms with van der Waals surface area (Å²) in [6.07, 6.45) is 9.76. The van der Waals surface area contributed by atoms with E-state index in [0.29, 0.717) is 0 Å². The van der Waals surface area contributed by atoms with Crippen LogP contribution in [-0.2, 0) is 0 Å². The van der Waals surface area contributed by atoms with Crippen molar-refractivity contribution in [1.29, 1.82) is 0 Å². The van der Waals surface area contributed by atoms with Gasteiger partial charge in [-0.1, -0.05) is 30.3 Å². The topological polar surface area (TPSA) is 21.1 Å². The number of nitrogens with zero attached hydrogens (tertiary/aromatic N) is 3. The van der Waals surface area contributed by atoms with Crippen molar-refractivity contribution in [2.75, 3.05) is 18.0 Å². The summed E-state index contributed by atoms with van der Waals surface area (Å²) in [7, 11) is 0. The van der Waals surface area contributed by atoms with E-state index in [1.54, 1.807) is 0 Å². The van der Waals surface area contributed by atoms with Crippen molar-refractivity contribution in [2.24, 2.45) is 0 Å². The number of allylic oxidation sites excluding steroid dienone is 1. The highest BCUT2D eigenvalue weighted by molar-refractivity contribution is 6.30. The van der Waals surface area contributed by atoms with Gasteiger partial charge in [0, 0.05) is 23.3 Å². The first-order valence-corrected chi connectivity index (χ1v) is 8.51. The van der Waals surface area contributed by atoms with E-state index >= 15 is 0 Å². The zero-order chi connectivity index (χ0) is 16.2. The van der Waals surface area contributed by atoms with Crippen LogP contribution in [0.1, 0.15) is 26.2 Å². The van der Waals surface area contributed by atoms with Crippen LogP contribution in [0, 0.1) is 0 Å². The molecule has 0 saturated carbocycles. The molecule has 3 nitrogen and oxygen atoms in total. The minimum Gasteiger partial charge on any atom is -0.355 e. The maximum Gasteiger partial charge on any atom is 0.158 e. The van der Waals surface area contributed by atoms with Crippen molar-refractivity contribution in [3.05, 3.63) is 52.5 Å². The quantitative estimate of drug-likeness (QED) is 0.862. The Kier molecular flexibility index (Phi) is 4.87. The van der Waals surface area contributed by atoms with E-state index in [1.165, 1.54) is 19.3 Å². The van der Waals surface area contributed by atoms with Crippen LogP contribution >= 0.6 is 11.6 Å². The van der Waals surface area contributed by atoms with Gasteiger partial charge in [0.05, 0.1) is 11.0 Å². The van der Waals surface area contributed by atoms with Crippen LogP contribution in [0.5, 0.6) is 0 Å². The van der Waals surface area contributed by atoms with Crippen molar-refractivity contribution < 1.29 is 0 Å². The highest BCUT2D eigenvalue weighted by Crippen LogP contribution is 2.16. The molecule has 0 radical (unpaired) electrons. The predicted molar refractivity (Wildman–Crippen MR) is 98.7 cm³/mol. The SMILES string of the molecule is C=C/C=c1/c(N2CCCCC2)nn(-c2ccc(Cl)cc2)/c1=C/C. The Labute approximate surface area is 142 Å². The lowest BCUT2D eigenvalue weighted by atomic mass is 10.1. The van der Waals surface area contributed by atoms with E-state index in [2.05, 4.69) is 23.6 Å². The molecule has 23 heavy (non-hydrogen) atoms. The first-order valence-electron chi connectivity index (χ1n) is 8.13. The second kappa shape index (κ2) is 7.05. The lowest BCUT2D eigenvalue weighted by Gasteiger charge is -2.26. The summed E-state index contributed by atoms with van der Waals surface area (Å²) in [5.74, 6) is 1.05. The lowest BCUT2D eigenvalue weighted by molar-refractivity contribution is 0.571. The van der Waals surface area contributed by atoms with Crippen LogP contribution in [-0.4, -0.2) is 22.9 Å². The number of piperidine rings is 1. The molecular weight excluding hydrogens is 306 g/mol. The number of hydrogen-bond donors (Lipinski definition) is 0. The molecule has 0 spiro atoms. The maximum absolute atomic E-state index is 6.02. The summed E-state index contributed by atoms with van der Waals surface area (Å²) < 4.78 is 2.00. The van der Waals surface area contributed by atoms with Gasteiger partial charge in [0.15, 0.2) is 5.82 Å². The highest BCUT2D eigenvalue weighted by Gasteiger charge is 2.17. The van der Waals surface area contributed by atoms with Gasteiger partial charge in [0.25, 0.3) is 0 Å². The molecule has 1 fully saturated rings. The molecule has 1 aromatic carbocycles. The summed E-state index contributed by atoms with van der Waals surface area (Å²) in [5, 5.41) is 7.87. The Morgan fingerprint density at radius 2 is 1.83 bits per heavy atom. The van der Waals surface area contributed by atoms with E-state index in [9.17, 15) is 0 Å². The summed E-state index contributed by atoms with van der Waals surface area (Å²) in [5.41, 5.74) is 1.02. The number of halogens is 1. The first kappa shape index (κ1) is 15.9. The van der Waals surface area contributed by atoms with Gasteiger partial charge < -0.3 is 4.90 Å². The van der Waals surface area contributed by atoms with Gasteiger partial charge in [-0.3, -0.25) is 0 Å². The van der Waals surface area contributed by atoms with Crippen LogP contribution in [0.25, 0.3) is 17.8 Å². The Morgan fingerprint density at radius 1 is 1.13 bits per heavy atom. The average molecular weight is 328 g/mol. The van der Waals surface area contributed by atoms with Crippen LogP contribution in [0.3, 0.4) is 0 Å². The van der Waals surface area contributed by atoms with E-state index in [-0.39, 0.29) is 0 Å². The predicted octanol–water partition coefficient (Wildman–Crippen LogP) is 3.28. The third kappa shape index (κ3) is 3.20. The molecule has 0 bridgehead atoms. The standard InChI is InChI=1S/C19H22ClN3/c1-3-8-17-18(4-2)23(16-11-9-15(20)10-12-16)21-19(17)22-13-6-5-7-14-22/h3-4,8-12H,1,5-7,13-14H2,2H3/b17-8+,18-4+. The summed E-state index contributed by atoms with van der Waals surface area (Å²) in [4.78, 5) is 2.39. The molecule has 1 aliphatic heterocycles. The average Bonchev–Trinajstić information content (AvgIpc) is 2.95. The molecule has 2 aromatic rings. The fourth-order valence-corrected chi connectivity index (χ4v) is 3.23. The first-order chi connectivity index (χ1) is 11.2. The van der Waals surface area contributed by atoms with Gasteiger partial charge in [0.2, 0.25) is 0 Å². The van der Waals surface area contributed by atoms with Crippen LogP contribution in [0.15, 0.2) is 36.9 Å². The minimum atomic E-state index is 0.733. The molecule has 0 amide bonds. The van der Waals surface area contributed by atoms with Gasteiger partial charge in [-0.05, 0) is 56.5 Å². The van der Waals surface area contributed by atoms with Gasteiger partial charge in [-0.2, -0.15) is 0 Å². The molecule has 1 aromatic heterocycles. The van der Waals surface area contributed by atoms with Crippen LogP contribution < -0.4 is 15.5 Å².